The van der Waals surface area contributed by atoms with Gasteiger partial charge in [0.05, 0.1) is 6.33 Å². The largest absolute Gasteiger partial charge is 0.337 e. The molecule has 3 heteroatoms. The smallest absolute Gasteiger partial charge is 0.0945 e. The standard InChI is InChI=1S/C16H23N3/c1-3-16(15-7-5-14(2)6-8-15)18-9-4-11-19-12-10-17-13-19/h5-8,10,12-13,16,18H,3-4,9,11H2,1-2H3. The molecule has 0 amide bonds. The van der Waals surface area contributed by atoms with Crippen LogP contribution in [0.15, 0.2) is 43.0 Å². The molecule has 19 heavy (non-hydrogen) atoms. The zero-order valence-corrected chi connectivity index (χ0v) is 11.8. The number of nitrogens with one attached hydrogen (secondary N) is 1. The van der Waals surface area contributed by atoms with Crippen LogP contribution in [0, 0.1) is 6.92 Å². The van der Waals surface area contributed by atoms with Crippen molar-refractivity contribution in [2.24, 2.45) is 0 Å². The molecular formula is C16H23N3. The Balaban J connectivity index is 1.77. The quantitative estimate of drug-likeness (QED) is 0.771. The summed E-state index contributed by atoms with van der Waals surface area (Å²) >= 11 is 0. The first-order chi connectivity index (χ1) is 9.29. The first kappa shape index (κ1) is 13.8. The lowest BCUT2D eigenvalue weighted by atomic mass is 10.0. The molecule has 1 aromatic carbocycles. The first-order valence-corrected chi connectivity index (χ1v) is 7.05. The SMILES string of the molecule is CCC(NCCCn1ccnc1)c1ccc(C)cc1. The van der Waals surface area contributed by atoms with E-state index < -0.39 is 0 Å². The molecule has 2 aromatic rings. The van der Waals surface area contributed by atoms with E-state index in [9.17, 15) is 0 Å². The molecule has 0 aliphatic carbocycles. The van der Waals surface area contributed by atoms with Gasteiger partial charge in [-0.25, -0.2) is 4.98 Å². The zero-order chi connectivity index (χ0) is 13.5. The Morgan fingerprint density at radius 3 is 2.68 bits per heavy atom. The molecule has 0 radical (unpaired) electrons. The monoisotopic (exact) mass is 257 g/mol. The molecule has 1 atom stereocenters. The maximum absolute atomic E-state index is 4.05. The topological polar surface area (TPSA) is 29.9 Å². The van der Waals surface area contributed by atoms with Crippen LogP contribution in [0.4, 0.5) is 0 Å². The molecule has 1 N–H and O–H groups in total. The van der Waals surface area contributed by atoms with Crippen LogP contribution in [0.25, 0.3) is 0 Å². The van der Waals surface area contributed by atoms with E-state index in [1.165, 1.54) is 11.1 Å². The summed E-state index contributed by atoms with van der Waals surface area (Å²) in [5.74, 6) is 0. The Kier molecular flexibility index (Phi) is 5.16. The minimum Gasteiger partial charge on any atom is -0.337 e. The summed E-state index contributed by atoms with van der Waals surface area (Å²) in [5, 5.41) is 3.63. The molecule has 102 valence electrons. The highest BCUT2D eigenvalue weighted by atomic mass is 15.0. The van der Waals surface area contributed by atoms with Crippen molar-refractivity contribution in [3.8, 4) is 0 Å². The number of hydrogen-bond donors (Lipinski definition) is 1. The summed E-state index contributed by atoms with van der Waals surface area (Å²) in [5.41, 5.74) is 2.70. The lowest BCUT2D eigenvalue weighted by Crippen LogP contribution is -2.22. The third-order valence-corrected chi connectivity index (χ3v) is 3.43. The third kappa shape index (κ3) is 4.21. The van der Waals surface area contributed by atoms with Gasteiger partial charge in [-0.15, -0.1) is 0 Å². The Morgan fingerprint density at radius 2 is 2.05 bits per heavy atom. The van der Waals surface area contributed by atoms with Crippen LogP contribution in [0.3, 0.4) is 0 Å². The van der Waals surface area contributed by atoms with Gasteiger partial charge in [0.25, 0.3) is 0 Å². The highest BCUT2D eigenvalue weighted by Gasteiger charge is 2.07. The van der Waals surface area contributed by atoms with Gasteiger partial charge in [0.15, 0.2) is 0 Å². The van der Waals surface area contributed by atoms with E-state index in [0.717, 1.165) is 25.9 Å². The maximum atomic E-state index is 4.05. The van der Waals surface area contributed by atoms with E-state index >= 15 is 0 Å². The van der Waals surface area contributed by atoms with Crippen molar-refractivity contribution in [3.63, 3.8) is 0 Å². The molecule has 0 saturated heterocycles. The second-order valence-electron chi connectivity index (χ2n) is 4.98. The molecule has 3 nitrogen and oxygen atoms in total. The van der Waals surface area contributed by atoms with Crippen molar-refractivity contribution in [2.75, 3.05) is 6.54 Å². The molecule has 2 rings (SSSR count). The van der Waals surface area contributed by atoms with Crippen LogP contribution in [0.5, 0.6) is 0 Å². The summed E-state index contributed by atoms with van der Waals surface area (Å²) in [6, 6.07) is 9.29. The summed E-state index contributed by atoms with van der Waals surface area (Å²) in [6.45, 7) is 6.42. The van der Waals surface area contributed by atoms with Crippen LogP contribution in [-0.2, 0) is 6.54 Å². The van der Waals surface area contributed by atoms with E-state index in [2.05, 4.69) is 53.0 Å². The van der Waals surface area contributed by atoms with Gasteiger partial charge in [0.1, 0.15) is 0 Å². The summed E-state index contributed by atoms with van der Waals surface area (Å²) < 4.78 is 2.12. The second kappa shape index (κ2) is 7.10. The molecule has 0 bridgehead atoms. The lowest BCUT2D eigenvalue weighted by molar-refractivity contribution is 0.491. The van der Waals surface area contributed by atoms with Gasteiger partial charge in [-0.1, -0.05) is 36.8 Å². The highest BCUT2D eigenvalue weighted by molar-refractivity contribution is 5.23. The van der Waals surface area contributed by atoms with Gasteiger partial charge < -0.3 is 9.88 Å². The van der Waals surface area contributed by atoms with Crippen LogP contribution in [0.2, 0.25) is 0 Å². The molecule has 0 spiro atoms. The number of imidazole rings is 1. The third-order valence-electron chi connectivity index (χ3n) is 3.43. The van der Waals surface area contributed by atoms with E-state index in [4.69, 9.17) is 0 Å². The van der Waals surface area contributed by atoms with Gasteiger partial charge in [0, 0.05) is 25.0 Å². The molecule has 0 saturated carbocycles. The Morgan fingerprint density at radius 1 is 1.26 bits per heavy atom. The van der Waals surface area contributed by atoms with Gasteiger partial charge in [-0.2, -0.15) is 0 Å². The van der Waals surface area contributed by atoms with Crippen molar-refractivity contribution < 1.29 is 0 Å². The minimum atomic E-state index is 0.461. The van der Waals surface area contributed by atoms with Crippen molar-refractivity contribution in [2.45, 2.75) is 39.3 Å². The number of aryl methyl sites for hydroxylation is 2. The van der Waals surface area contributed by atoms with Crippen molar-refractivity contribution in [1.29, 1.82) is 0 Å². The second-order valence-corrected chi connectivity index (χ2v) is 4.98. The Bertz CT molecular complexity index is 459. The number of hydrogen-bond acceptors (Lipinski definition) is 2. The van der Waals surface area contributed by atoms with E-state index in [1.54, 1.807) is 0 Å². The van der Waals surface area contributed by atoms with Gasteiger partial charge >= 0.3 is 0 Å². The predicted molar refractivity (Wildman–Crippen MR) is 79.1 cm³/mol. The van der Waals surface area contributed by atoms with Crippen LogP contribution in [0.1, 0.15) is 36.9 Å². The summed E-state index contributed by atoms with van der Waals surface area (Å²) in [6.07, 6.45) is 7.95. The Hall–Kier alpha value is -1.61. The molecule has 1 aromatic heterocycles. The van der Waals surface area contributed by atoms with Crippen LogP contribution < -0.4 is 5.32 Å². The first-order valence-electron chi connectivity index (χ1n) is 7.05. The zero-order valence-electron chi connectivity index (χ0n) is 11.8. The summed E-state index contributed by atoms with van der Waals surface area (Å²) in [7, 11) is 0. The van der Waals surface area contributed by atoms with E-state index in [-0.39, 0.29) is 0 Å². The minimum absolute atomic E-state index is 0.461. The van der Waals surface area contributed by atoms with E-state index in [1.807, 2.05) is 18.7 Å². The molecule has 1 unspecified atom stereocenters. The van der Waals surface area contributed by atoms with Crippen molar-refractivity contribution >= 4 is 0 Å². The molecule has 0 aliphatic rings. The number of nitrogens with zero attached hydrogens (tertiary/aromatic N) is 2. The normalized spacial score (nSPS) is 12.5. The maximum Gasteiger partial charge on any atom is 0.0945 e. The van der Waals surface area contributed by atoms with Gasteiger partial charge in [-0.3, -0.25) is 0 Å². The average molecular weight is 257 g/mol. The number of aromatic nitrogens is 2. The Labute approximate surface area is 115 Å². The molecule has 1 heterocycles. The molecule has 0 aliphatic heterocycles. The van der Waals surface area contributed by atoms with Crippen LogP contribution >= 0.6 is 0 Å². The lowest BCUT2D eigenvalue weighted by Gasteiger charge is -2.17. The summed E-state index contributed by atoms with van der Waals surface area (Å²) in [4.78, 5) is 4.05. The average Bonchev–Trinajstić information content (AvgIpc) is 2.93. The number of rotatable bonds is 7. The fourth-order valence-corrected chi connectivity index (χ4v) is 2.25. The highest BCUT2D eigenvalue weighted by Crippen LogP contribution is 2.16. The molecular weight excluding hydrogens is 234 g/mol. The van der Waals surface area contributed by atoms with Gasteiger partial charge in [0.2, 0.25) is 0 Å². The van der Waals surface area contributed by atoms with Gasteiger partial charge in [-0.05, 0) is 31.9 Å². The fraction of sp³-hybridized carbons (Fsp3) is 0.438. The fourth-order valence-electron chi connectivity index (χ4n) is 2.25. The number of benzene rings is 1. The van der Waals surface area contributed by atoms with Crippen LogP contribution in [-0.4, -0.2) is 16.1 Å². The van der Waals surface area contributed by atoms with Crippen molar-refractivity contribution in [3.05, 3.63) is 54.1 Å². The van der Waals surface area contributed by atoms with E-state index in [0.29, 0.717) is 6.04 Å². The molecule has 0 fully saturated rings. The van der Waals surface area contributed by atoms with Crippen molar-refractivity contribution in [1.82, 2.24) is 14.9 Å². The predicted octanol–water partition coefficient (Wildman–Crippen LogP) is 3.32.